The first-order valence-electron chi connectivity index (χ1n) is 6.82. The van der Waals surface area contributed by atoms with E-state index in [1.165, 1.54) is 0 Å². The van der Waals surface area contributed by atoms with E-state index >= 15 is 0 Å². The van der Waals surface area contributed by atoms with E-state index in [1.54, 1.807) is 11.8 Å². The van der Waals surface area contributed by atoms with Crippen LogP contribution in [0.2, 0.25) is 0 Å². The summed E-state index contributed by atoms with van der Waals surface area (Å²) in [7, 11) is 0. The van der Waals surface area contributed by atoms with E-state index in [0.29, 0.717) is 6.54 Å². The standard InChI is InChI=1S/C13H22N2O3S/c1-19-13(6-7-13)9-14-11(18)15-12(8-10(16)17)4-2-3-5-12/h2-9H2,1H3,(H,16,17)(H2,14,15,18). The van der Waals surface area contributed by atoms with Crippen LogP contribution in [0.15, 0.2) is 0 Å². The van der Waals surface area contributed by atoms with Gasteiger partial charge in [-0.2, -0.15) is 11.8 Å². The molecule has 108 valence electrons. The molecule has 0 aliphatic heterocycles. The van der Waals surface area contributed by atoms with Crippen LogP contribution < -0.4 is 10.6 Å². The summed E-state index contributed by atoms with van der Waals surface area (Å²) in [6.07, 6.45) is 7.89. The molecular formula is C13H22N2O3S. The minimum atomic E-state index is -0.843. The average Bonchev–Trinajstić information content (AvgIpc) is 3.01. The van der Waals surface area contributed by atoms with E-state index in [2.05, 4.69) is 16.9 Å². The SMILES string of the molecule is CSC1(CNC(=O)NC2(CC(=O)O)CCCC2)CC1. The van der Waals surface area contributed by atoms with E-state index in [-0.39, 0.29) is 17.2 Å². The van der Waals surface area contributed by atoms with E-state index in [9.17, 15) is 9.59 Å². The average molecular weight is 286 g/mol. The van der Waals surface area contributed by atoms with E-state index in [0.717, 1.165) is 38.5 Å². The lowest BCUT2D eigenvalue weighted by Gasteiger charge is -2.29. The molecule has 0 spiro atoms. The van der Waals surface area contributed by atoms with Crippen molar-refractivity contribution in [2.75, 3.05) is 12.8 Å². The van der Waals surface area contributed by atoms with Crippen molar-refractivity contribution in [3.05, 3.63) is 0 Å². The van der Waals surface area contributed by atoms with Crippen LogP contribution in [0.5, 0.6) is 0 Å². The summed E-state index contributed by atoms with van der Waals surface area (Å²) in [5.41, 5.74) is -0.536. The van der Waals surface area contributed by atoms with Crippen molar-refractivity contribution >= 4 is 23.8 Å². The normalized spacial score (nSPS) is 22.8. The largest absolute Gasteiger partial charge is 0.481 e. The molecule has 5 nitrogen and oxygen atoms in total. The first-order valence-corrected chi connectivity index (χ1v) is 8.05. The lowest BCUT2D eigenvalue weighted by molar-refractivity contribution is -0.138. The van der Waals surface area contributed by atoms with Gasteiger partial charge < -0.3 is 15.7 Å². The number of hydrogen-bond donors (Lipinski definition) is 3. The smallest absolute Gasteiger partial charge is 0.315 e. The van der Waals surface area contributed by atoms with Gasteiger partial charge in [-0.3, -0.25) is 4.79 Å². The number of hydrogen-bond acceptors (Lipinski definition) is 3. The molecule has 19 heavy (non-hydrogen) atoms. The van der Waals surface area contributed by atoms with Gasteiger partial charge in [-0.1, -0.05) is 12.8 Å². The lowest BCUT2D eigenvalue weighted by Crippen LogP contribution is -2.52. The van der Waals surface area contributed by atoms with E-state index in [4.69, 9.17) is 5.11 Å². The Morgan fingerprint density at radius 2 is 1.84 bits per heavy atom. The van der Waals surface area contributed by atoms with Gasteiger partial charge in [-0.05, 0) is 31.9 Å². The maximum atomic E-state index is 12.0. The number of thioether (sulfide) groups is 1. The van der Waals surface area contributed by atoms with Crippen molar-refractivity contribution in [1.82, 2.24) is 10.6 Å². The van der Waals surface area contributed by atoms with Crippen LogP contribution in [-0.4, -0.2) is 40.2 Å². The second-order valence-electron chi connectivity index (χ2n) is 5.75. The zero-order valence-corrected chi connectivity index (χ0v) is 12.1. The van der Waals surface area contributed by atoms with Crippen molar-refractivity contribution in [2.45, 2.75) is 55.2 Å². The van der Waals surface area contributed by atoms with Gasteiger partial charge >= 0.3 is 12.0 Å². The van der Waals surface area contributed by atoms with Crippen LogP contribution in [0.1, 0.15) is 44.9 Å². The summed E-state index contributed by atoms with van der Waals surface area (Å²) in [6, 6.07) is -0.219. The van der Waals surface area contributed by atoms with Gasteiger partial charge in [0.25, 0.3) is 0 Å². The number of aliphatic carboxylic acids is 1. The Labute approximate surface area is 117 Å². The lowest BCUT2D eigenvalue weighted by atomic mass is 9.93. The van der Waals surface area contributed by atoms with Crippen molar-refractivity contribution in [3.63, 3.8) is 0 Å². The second-order valence-corrected chi connectivity index (χ2v) is 7.03. The minimum Gasteiger partial charge on any atom is -0.481 e. The molecule has 2 rings (SSSR count). The molecule has 2 fully saturated rings. The molecule has 0 aromatic heterocycles. The van der Waals surface area contributed by atoms with E-state index < -0.39 is 11.5 Å². The summed E-state index contributed by atoms with van der Waals surface area (Å²) in [5, 5.41) is 14.8. The Kier molecular flexibility index (Phi) is 4.28. The maximum absolute atomic E-state index is 12.0. The Bertz CT molecular complexity index is 363. The number of urea groups is 1. The molecule has 0 bridgehead atoms. The van der Waals surface area contributed by atoms with Gasteiger partial charge in [0.05, 0.1) is 12.0 Å². The fraction of sp³-hybridized carbons (Fsp3) is 0.846. The highest BCUT2D eigenvalue weighted by molar-refractivity contribution is 8.00. The number of carboxylic acid groups (broad SMARTS) is 1. The third kappa shape index (κ3) is 3.78. The second kappa shape index (κ2) is 5.61. The highest BCUT2D eigenvalue weighted by atomic mass is 32.2. The number of rotatable bonds is 6. The van der Waals surface area contributed by atoms with Gasteiger partial charge in [-0.15, -0.1) is 0 Å². The molecule has 2 aliphatic rings. The van der Waals surface area contributed by atoms with Crippen LogP contribution in [-0.2, 0) is 4.79 Å². The van der Waals surface area contributed by atoms with Gasteiger partial charge in [0.2, 0.25) is 0 Å². The molecule has 2 amide bonds. The highest BCUT2D eigenvalue weighted by Gasteiger charge is 2.43. The number of carboxylic acids is 1. The van der Waals surface area contributed by atoms with Crippen molar-refractivity contribution in [1.29, 1.82) is 0 Å². The molecular weight excluding hydrogens is 264 g/mol. The van der Waals surface area contributed by atoms with Gasteiger partial charge in [0.15, 0.2) is 0 Å². The van der Waals surface area contributed by atoms with Gasteiger partial charge in [0.1, 0.15) is 0 Å². The van der Waals surface area contributed by atoms with Crippen LogP contribution >= 0.6 is 11.8 Å². The van der Waals surface area contributed by atoms with Gasteiger partial charge in [0, 0.05) is 11.3 Å². The highest BCUT2D eigenvalue weighted by Crippen LogP contribution is 2.46. The fourth-order valence-electron chi connectivity index (χ4n) is 2.81. The maximum Gasteiger partial charge on any atom is 0.315 e. The Hall–Kier alpha value is -0.910. The Morgan fingerprint density at radius 3 is 2.32 bits per heavy atom. The molecule has 2 aliphatic carbocycles. The summed E-state index contributed by atoms with van der Waals surface area (Å²) >= 11 is 1.80. The molecule has 0 radical (unpaired) electrons. The third-order valence-corrected chi connectivity index (χ3v) is 5.66. The van der Waals surface area contributed by atoms with Crippen molar-refractivity contribution in [3.8, 4) is 0 Å². The van der Waals surface area contributed by atoms with Crippen LogP contribution in [0.3, 0.4) is 0 Å². The predicted octanol–water partition coefficient (Wildman–Crippen LogP) is 1.97. The molecule has 6 heteroatoms. The molecule has 0 aromatic carbocycles. The predicted molar refractivity (Wildman–Crippen MR) is 75.5 cm³/mol. The molecule has 0 aromatic rings. The molecule has 3 N–H and O–H groups in total. The monoisotopic (exact) mass is 286 g/mol. The fourth-order valence-corrected chi connectivity index (χ4v) is 3.53. The van der Waals surface area contributed by atoms with E-state index in [1.807, 2.05) is 0 Å². The van der Waals surface area contributed by atoms with Gasteiger partial charge in [-0.25, -0.2) is 4.79 Å². The first-order chi connectivity index (χ1) is 8.99. The zero-order chi connectivity index (χ0) is 13.9. The van der Waals surface area contributed by atoms with Crippen LogP contribution in [0.4, 0.5) is 4.79 Å². The molecule has 0 heterocycles. The molecule has 0 unspecified atom stereocenters. The quantitative estimate of drug-likeness (QED) is 0.697. The van der Waals surface area contributed by atoms with Crippen molar-refractivity contribution in [2.24, 2.45) is 0 Å². The molecule has 2 saturated carbocycles. The van der Waals surface area contributed by atoms with Crippen LogP contribution in [0, 0.1) is 0 Å². The Morgan fingerprint density at radius 1 is 1.21 bits per heavy atom. The third-order valence-electron chi connectivity index (χ3n) is 4.24. The topological polar surface area (TPSA) is 78.4 Å². The summed E-state index contributed by atoms with van der Waals surface area (Å²) in [4.78, 5) is 22.9. The zero-order valence-electron chi connectivity index (χ0n) is 11.3. The summed E-state index contributed by atoms with van der Waals surface area (Å²) in [5.74, 6) is -0.843. The molecule has 0 atom stereocenters. The first kappa shape index (κ1) is 14.5. The van der Waals surface area contributed by atoms with Crippen molar-refractivity contribution < 1.29 is 14.7 Å². The Balaban J connectivity index is 1.83. The summed E-state index contributed by atoms with van der Waals surface area (Å²) < 4.78 is 0.229. The number of carbonyl (C=O) groups is 2. The minimum absolute atomic E-state index is 0.0219. The number of amides is 2. The van der Waals surface area contributed by atoms with Crippen LogP contribution in [0.25, 0.3) is 0 Å². The summed E-state index contributed by atoms with van der Waals surface area (Å²) in [6.45, 7) is 0.670. The number of carbonyl (C=O) groups excluding carboxylic acids is 1. The molecule has 0 saturated heterocycles. The number of nitrogens with one attached hydrogen (secondary N) is 2.